The Morgan fingerprint density at radius 1 is 0.436 bits per heavy atom. The van der Waals surface area contributed by atoms with Crippen molar-refractivity contribution in [2.24, 2.45) is 0 Å². The number of anilines is 3. The fourth-order valence-electron chi connectivity index (χ4n) is 9.35. The third-order valence-electron chi connectivity index (χ3n) is 11.9. The van der Waals surface area contributed by atoms with Gasteiger partial charge in [-0.15, -0.1) is 11.3 Å². The van der Waals surface area contributed by atoms with Crippen LogP contribution in [0.5, 0.6) is 0 Å². The van der Waals surface area contributed by atoms with Crippen LogP contribution in [0.1, 0.15) is 25.0 Å². The van der Waals surface area contributed by atoms with Crippen LogP contribution < -0.4 is 4.90 Å². The number of thiophene rings is 1. The summed E-state index contributed by atoms with van der Waals surface area (Å²) in [5.74, 6) is 0. The summed E-state index contributed by atoms with van der Waals surface area (Å²) in [4.78, 5) is 2.47. The van der Waals surface area contributed by atoms with Gasteiger partial charge in [-0.3, -0.25) is 0 Å². The molecule has 0 N–H and O–H groups in total. The minimum Gasteiger partial charge on any atom is -0.456 e. The molecule has 0 spiro atoms. The van der Waals surface area contributed by atoms with Gasteiger partial charge < -0.3 is 13.7 Å². The van der Waals surface area contributed by atoms with Crippen molar-refractivity contribution in [1.29, 1.82) is 0 Å². The van der Waals surface area contributed by atoms with E-state index >= 15 is 0 Å². The van der Waals surface area contributed by atoms with Crippen molar-refractivity contribution >= 4 is 92.4 Å². The average molecular weight is 724 g/mol. The maximum atomic E-state index is 6.81. The summed E-state index contributed by atoms with van der Waals surface area (Å²) in [5, 5.41) is 6.76. The summed E-state index contributed by atoms with van der Waals surface area (Å²) >= 11 is 1.85. The standard InChI is InChI=1S/C51H33NO2S/c1-51(2)38-18-8-6-15-33(38)34-26-25-31(27-39(34)51)52(41-20-12-24-47-50(41)35-16-7-9-23-46(35)55-47)40-19-11-22-43-49(40)37-29-44-36(28-45(37)54-43)48-32(17-10-21-42(48)53-44)30-13-4-3-5-14-30/h3-29H,1-2H3. The van der Waals surface area contributed by atoms with Gasteiger partial charge in [0.2, 0.25) is 0 Å². The Labute approximate surface area is 321 Å². The summed E-state index contributed by atoms with van der Waals surface area (Å²) in [7, 11) is 0. The smallest absolute Gasteiger partial charge is 0.137 e. The predicted octanol–water partition coefficient (Wildman–Crippen LogP) is 15.3. The molecule has 0 fully saturated rings. The third kappa shape index (κ3) is 4.31. The first-order valence-electron chi connectivity index (χ1n) is 18.8. The Bertz CT molecular complexity index is 3360. The molecule has 1 aliphatic carbocycles. The van der Waals surface area contributed by atoms with Crippen LogP contribution in [0.4, 0.5) is 17.1 Å². The largest absolute Gasteiger partial charge is 0.456 e. The fraction of sp³-hybridized carbons (Fsp3) is 0.0588. The van der Waals surface area contributed by atoms with Gasteiger partial charge in [-0.1, -0.05) is 117 Å². The molecule has 55 heavy (non-hydrogen) atoms. The second-order valence-electron chi connectivity index (χ2n) is 15.2. The van der Waals surface area contributed by atoms with Crippen LogP contribution >= 0.6 is 11.3 Å². The molecule has 8 aromatic carbocycles. The molecule has 0 aliphatic heterocycles. The molecule has 0 saturated carbocycles. The molecule has 4 heteroatoms. The van der Waals surface area contributed by atoms with Gasteiger partial charge in [0.1, 0.15) is 22.3 Å². The summed E-state index contributed by atoms with van der Waals surface area (Å²) < 4.78 is 16.0. The molecule has 0 amide bonds. The lowest BCUT2D eigenvalue weighted by atomic mass is 9.82. The third-order valence-corrected chi connectivity index (χ3v) is 13.0. The molecular weight excluding hydrogens is 691 g/mol. The number of hydrogen-bond acceptors (Lipinski definition) is 4. The number of fused-ring (bicyclic) bond motifs is 12. The quantitative estimate of drug-likeness (QED) is 0.181. The zero-order chi connectivity index (χ0) is 36.4. The van der Waals surface area contributed by atoms with E-state index in [0.29, 0.717) is 0 Å². The number of nitrogens with zero attached hydrogens (tertiary/aromatic N) is 1. The maximum absolute atomic E-state index is 6.81. The van der Waals surface area contributed by atoms with E-state index in [1.54, 1.807) is 0 Å². The summed E-state index contributed by atoms with van der Waals surface area (Å²) in [6.07, 6.45) is 0. The lowest BCUT2D eigenvalue weighted by Gasteiger charge is -2.29. The zero-order valence-corrected chi connectivity index (χ0v) is 31.1. The lowest BCUT2D eigenvalue weighted by Crippen LogP contribution is -2.16. The number of furan rings is 2. The van der Waals surface area contributed by atoms with E-state index in [1.165, 1.54) is 42.4 Å². The highest BCUT2D eigenvalue weighted by Crippen LogP contribution is 2.53. The lowest BCUT2D eigenvalue weighted by molar-refractivity contribution is 0.660. The van der Waals surface area contributed by atoms with E-state index in [1.807, 2.05) is 11.3 Å². The maximum Gasteiger partial charge on any atom is 0.137 e. The van der Waals surface area contributed by atoms with E-state index in [4.69, 9.17) is 8.83 Å². The van der Waals surface area contributed by atoms with E-state index in [-0.39, 0.29) is 5.41 Å². The van der Waals surface area contributed by atoms with Gasteiger partial charge in [-0.05, 0) is 94.0 Å². The Hall–Kier alpha value is -6.62. The highest BCUT2D eigenvalue weighted by Gasteiger charge is 2.36. The minimum absolute atomic E-state index is 0.144. The molecular formula is C51H33NO2S. The summed E-state index contributed by atoms with van der Waals surface area (Å²) in [5.41, 5.74) is 14.2. The van der Waals surface area contributed by atoms with Crippen LogP contribution in [0.3, 0.4) is 0 Å². The molecule has 260 valence electrons. The van der Waals surface area contributed by atoms with Gasteiger partial charge in [-0.2, -0.15) is 0 Å². The first-order valence-corrected chi connectivity index (χ1v) is 19.7. The van der Waals surface area contributed by atoms with E-state index in [0.717, 1.165) is 72.1 Å². The monoisotopic (exact) mass is 723 g/mol. The highest BCUT2D eigenvalue weighted by molar-refractivity contribution is 7.26. The molecule has 0 atom stereocenters. The molecule has 3 aromatic heterocycles. The van der Waals surface area contributed by atoms with Crippen molar-refractivity contribution in [2.75, 3.05) is 4.90 Å². The van der Waals surface area contributed by atoms with Gasteiger partial charge >= 0.3 is 0 Å². The minimum atomic E-state index is -0.144. The van der Waals surface area contributed by atoms with Crippen molar-refractivity contribution in [2.45, 2.75) is 19.3 Å². The van der Waals surface area contributed by atoms with Crippen LogP contribution in [0, 0.1) is 0 Å². The Kier molecular flexibility index (Phi) is 6.27. The van der Waals surface area contributed by atoms with E-state index < -0.39 is 0 Å². The van der Waals surface area contributed by atoms with Gasteiger partial charge in [0.25, 0.3) is 0 Å². The first-order chi connectivity index (χ1) is 27.0. The molecule has 12 rings (SSSR count). The predicted molar refractivity (Wildman–Crippen MR) is 232 cm³/mol. The van der Waals surface area contributed by atoms with E-state index in [9.17, 15) is 0 Å². The van der Waals surface area contributed by atoms with E-state index in [2.05, 4.69) is 183 Å². The summed E-state index contributed by atoms with van der Waals surface area (Å²) in [6, 6.07) is 59.1. The molecule has 0 radical (unpaired) electrons. The molecule has 0 saturated heterocycles. The van der Waals surface area contributed by atoms with Crippen molar-refractivity contribution in [1.82, 2.24) is 0 Å². The SMILES string of the molecule is CC1(C)c2ccccc2-c2ccc(N(c3cccc4oc5cc6c(cc5c34)oc3cccc(-c4ccccc4)c36)c3cccc4sc5ccccc5c34)cc21. The average Bonchev–Trinajstić information content (AvgIpc) is 3.96. The van der Waals surface area contributed by atoms with Gasteiger partial charge in [0.15, 0.2) is 0 Å². The normalized spacial score (nSPS) is 13.4. The van der Waals surface area contributed by atoms with Crippen molar-refractivity contribution in [3.05, 3.63) is 175 Å². The number of hydrogen-bond donors (Lipinski definition) is 0. The van der Waals surface area contributed by atoms with Crippen LogP contribution in [0.15, 0.2) is 173 Å². The highest BCUT2D eigenvalue weighted by atomic mass is 32.1. The number of benzene rings is 8. The molecule has 0 bridgehead atoms. The second kappa shape index (κ2) is 11.2. The van der Waals surface area contributed by atoms with Crippen molar-refractivity contribution < 1.29 is 8.83 Å². The van der Waals surface area contributed by atoms with Crippen molar-refractivity contribution in [3.63, 3.8) is 0 Å². The fourth-order valence-corrected chi connectivity index (χ4v) is 10.5. The van der Waals surface area contributed by atoms with Crippen LogP contribution in [0.25, 0.3) is 86.3 Å². The summed E-state index contributed by atoms with van der Waals surface area (Å²) in [6.45, 7) is 4.70. The number of rotatable bonds is 4. The zero-order valence-electron chi connectivity index (χ0n) is 30.3. The van der Waals surface area contributed by atoms with Crippen LogP contribution in [0.2, 0.25) is 0 Å². The van der Waals surface area contributed by atoms with Gasteiger partial charge in [0.05, 0.1) is 16.8 Å². The Balaban J connectivity index is 1.15. The topological polar surface area (TPSA) is 29.5 Å². The van der Waals surface area contributed by atoms with Crippen LogP contribution in [-0.2, 0) is 5.41 Å². The first kappa shape index (κ1) is 30.8. The van der Waals surface area contributed by atoms with Crippen LogP contribution in [-0.4, -0.2) is 0 Å². The second-order valence-corrected chi connectivity index (χ2v) is 16.3. The molecule has 3 heterocycles. The Morgan fingerprint density at radius 2 is 1.05 bits per heavy atom. The molecule has 0 unspecified atom stereocenters. The van der Waals surface area contributed by atoms with Gasteiger partial charge in [0, 0.05) is 47.4 Å². The molecule has 3 nitrogen and oxygen atoms in total. The van der Waals surface area contributed by atoms with Gasteiger partial charge in [-0.25, -0.2) is 0 Å². The Morgan fingerprint density at radius 3 is 1.89 bits per heavy atom. The molecule has 11 aromatic rings. The van der Waals surface area contributed by atoms with Crippen molar-refractivity contribution in [3.8, 4) is 22.3 Å². The molecule has 1 aliphatic rings.